The topological polar surface area (TPSA) is 67.8 Å². The van der Waals surface area contributed by atoms with E-state index in [9.17, 15) is 4.79 Å². The van der Waals surface area contributed by atoms with Crippen molar-refractivity contribution in [2.24, 2.45) is 5.41 Å². The van der Waals surface area contributed by atoms with Crippen LogP contribution in [0.25, 0.3) is 10.8 Å². The van der Waals surface area contributed by atoms with Gasteiger partial charge in [0.05, 0.1) is 12.2 Å². The molecule has 1 N–H and O–H groups in total. The molecule has 3 aromatic rings. The molecule has 0 unspecified atom stereocenters. The first kappa shape index (κ1) is 27.2. The lowest BCUT2D eigenvalue weighted by atomic mass is 9.99. The van der Waals surface area contributed by atoms with Gasteiger partial charge in [-0.1, -0.05) is 36.9 Å². The molecule has 2 saturated heterocycles. The van der Waals surface area contributed by atoms with Crippen molar-refractivity contribution in [1.29, 1.82) is 0 Å². The van der Waals surface area contributed by atoms with Crippen LogP contribution in [0.1, 0.15) is 42.5 Å². The molecule has 7 rings (SSSR count). The highest BCUT2D eigenvalue weighted by atomic mass is 16.2. The number of aromatic nitrogens is 2. The second kappa shape index (κ2) is 11.2. The third-order valence-corrected chi connectivity index (χ3v) is 9.88. The number of amides is 1. The zero-order chi connectivity index (χ0) is 28.7. The highest BCUT2D eigenvalue weighted by molar-refractivity contribution is 5.97. The van der Waals surface area contributed by atoms with E-state index in [1.54, 1.807) is 0 Å². The number of benzene rings is 2. The van der Waals surface area contributed by atoms with E-state index in [-0.39, 0.29) is 5.91 Å². The van der Waals surface area contributed by atoms with Crippen LogP contribution in [0.2, 0.25) is 0 Å². The van der Waals surface area contributed by atoms with Gasteiger partial charge in [0, 0.05) is 67.9 Å². The first-order chi connectivity index (χ1) is 20.5. The largest absolute Gasteiger partial charge is 0.365 e. The van der Waals surface area contributed by atoms with Crippen molar-refractivity contribution in [1.82, 2.24) is 19.8 Å². The highest BCUT2D eigenvalue weighted by Gasteiger charge is 2.44. The van der Waals surface area contributed by atoms with Crippen molar-refractivity contribution in [3.63, 3.8) is 0 Å². The number of hydrogen-bond donors (Lipinski definition) is 1. The Morgan fingerprint density at radius 2 is 1.74 bits per heavy atom. The summed E-state index contributed by atoms with van der Waals surface area (Å²) < 4.78 is 0. The predicted octanol–water partition coefficient (Wildman–Crippen LogP) is 4.62. The van der Waals surface area contributed by atoms with Crippen molar-refractivity contribution < 1.29 is 4.79 Å². The van der Waals surface area contributed by atoms with Crippen LogP contribution >= 0.6 is 0 Å². The number of nitrogens with zero attached hydrogens (tertiary/aromatic N) is 6. The number of carbonyl (C=O) groups is 1. The van der Waals surface area contributed by atoms with Gasteiger partial charge in [-0.25, -0.2) is 4.98 Å². The molecule has 3 fully saturated rings. The molecule has 0 atom stereocenters. The fourth-order valence-electron chi connectivity index (χ4n) is 7.24. The molecular weight excluding hydrogens is 522 g/mol. The second-order valence-electron chi connectivity index (χ2n) is 12.8. The van der Waals surface area contributed by atoms with E-state index in [1.807, 2.05) is 4.90 Å². The molecule has 42 heavy (non-hydrogen) atoms. The number of rotatable bonds is 8. The molecule has 4 aliphatic rings. The molecule has 1 aliphatic carbocycles. The van der Waals surface area contributed by atoms with Gasteiger partial charge in [0.1, 0.15) is 5.82 Å². The van der Waals surface area contributed by atoms with Crippen molar-refractivity contribution in [3.8, 4) is 0 Å². The minimum Gasteiger partial charge on any atom is -0.365 e. The second-order valence-corrected chi connectivity index (χ2v) is 12.8. The lowest BCUT2D eigenvalue weighted by Gasteiger charge is -2.38. The number of likely N-dealkylation sites (tertiary alicyclic amines) is 1. The standard InChI is InChI=1S/C34H43N7O/c1-3-30(42)39-18-20-40(21-19-39)32-27-12-17-41(29-11-7-10-26-9-6-8-25(2)31(26)29)22-28(27)36-33(37-32)35-23-34(13-14-34)24-38-15-4-5-16-38/h3,6-11H,1,4-5,12-24H2,2H3,(H,35,36,37). The molecule has 8 heteroatoms. The van der Waals surface area contributed by atoms with Gasteiger partial charge in [-0.2, -0.15) is 4.98 Å². The van der Waals surface area contributed by atoms with Crippen LogP contribution in [0.15, 0.2) is 49.1 Å². The molecule has 0 bridgehead atoms. The van der Waals surface area contributed by atoms with E-state index < -0.39 is 0 Å². The van der Waals surface area contributed by atoms with Crippen LogP contribution < -0.4 is 15.1 Å². The third kappa shape index (κ3) is 5.33. The van der Waals surface area contributed by atoms with Crippen molar-refractivity contribution >= 4 is 34.1 Å². The van der Waals surface area contributed by atoms with Crippen LogP contribution in [0, 0.1) is 12.3 Å². The van der Waals surface area contributed by atoms with E-state index in [1.165, 1.54) is 79.0 Å². The Labute approximate surface area is 249 Å². The summed E-state index contributed by atoms with van der Waals surface area (Å²) in [6, 6.07) is 13.2. The predicted molar refractivity (Wildman–Crippen MR) is 170 cm³/mol. The third-order valence-electron chi connectivity index (χ3n) is 9.88. The number of hydrogen-bond acceptors (Lipinski definition) is 7. The van der Waals surface area contributed by atoms with Crippen molar-refractivity contribution in [3.05, 3.63) is 65.9 Å². The minimum absolute atomic E-state index is 0.00970. The Hall–Kier alpha value is -3.65. The summed E-state index contributed by atoms with van der Waals surface area (Å²) in [7, 11) is 0. The molecular formula is C34H43N7O. The normalized spacial score (nSPS) is 20.1. The number of anilines is 3. The summed E-state index contributed by atoms with van der Waals surface area (Å²) in [4.78, 5) is 32.0. The van der Waals surface area contributed by atoms with Gasteiger partial charge in [0.25, 0.3) is 0 Å². The number of fused-ring (bicyclic) bond motifs is 2. The first-order valence-electron chi connectivity index (χ1n) is 15.8. The quantitative estimate of drug-likeness (QED) is 0.400. The molecule has 1 amide bonds. The lowest BCUT2D eigenvalue weighted by Crippen LogP contribution is -2.49. The van der Waals surface area contributed by atoms with Crippen LogP contribution in [0.4, 0.5) is 17.5 Å². The monoisotopic (exact) mass is 565 g/mol. The van der Waals surface area contributed by atoms with Crippen molar-refractivity contribution in [2.45, 2.75) is 45.6 Å². The highest BCUT2D eigenvalue weighted by Crippen LogP contribution is 2.46. The first-order valence-corrected chi connectivity index (χ1v) is 15.8. The Balaban J connectivity index is 1.17. The SMILES string of the molecule is C=CC(=O)N1CCN(c2nc(NCC3(CN4CCCC4)CC3)nc3c2CCN(c2cccc4cccc(C)c24)C3)CC1. The number of aryl methyl sites for hydroxylation is 1. The van der Waals surface area contributed by atoms with Gasteiger partial charge < -0.3 is 24.9 Å². The summed E-state index contributed by atoms with van der Waals surface area (Å²) in [5.74, 6) is 1.80. The molecule has 0 spiro atoms. The molecule has 0 radical (unpaired) electrons. The van der Waals surface area contributed by atoms with E-state index >= 15 is 0 Å². The molecule has 4 heterocycles. The maximum absolute atomic E-state index is 12.2. The number of nitrogens with one attached hydrogen (secondary N) is 1. The minimum atomic E-state index is 0.00970. The van der Waals surface area contributed by atoms with Crippen LogP contribution in [-0.4, -0.2) is 84.6 Å². The fourth-order valence-corrected chi connectivity index (χ4v) is 7.24. The van der Waals surface area contributed by atoms with Crippen LogP contribution in [-0.2, 0) is 17.8 Å². The summed E-state index contributed by atoms with van der Waals surface area (Å²) in [6.45, 7) is 15.1. The smallest absolute Gasteiger partial charge is 0.246 e. The molecule has 1 saturated carbocycles. The summed E-state index contributed by atoms with van der Waals surface area (Å²) in [5, 5.41) is 6.32. The van der Waals surface area contributed by atoms with E-state index in [0.29, 0.717) is 18.5 Å². The Morgan fingerprint density at radius 1 is 0.976 bits per heavy atom. The Bertz CT molecular complexity index is 1480. The molecule has 8 nitrogen and oxygen atoms in total. The van der Waals surface area contributed by atoms with Gasteiger partial charge in [0.2, 0.25) is 11.9 Å². The zero-order valence-corrected chi connectivity index (χ0v) is 24.9. The average Bonchev–Trinajstić information content (AvgIpc) is 3.60. The van der Waals surface area contributed by atoms with Crippen LogP contribution in [0.3, 0.4) is 0 Å². The fraction of sp³-hybridized carbons (Fsp3) is 0.500. The maximum Gasteiger partial charge on any atom is 0.246 e. The lowest BCUT2D eigenvalue weighted by molar-refractivity contribution is -0.126. The summed E-state index contributed by atoms with van der Waals surface area (Å²) in [5.41, 5.74) is 5.32. The van der Waals surface area contributed by atoms with Gasteiger partial charge >= 0.3 is 0 Å². The van der Waals surface area contributed by atoms with Gasteiger partial charge in [0.15, 0.2) is 0 Å². The summed E-state index contributed by atoms with van der Waals surface area (Å²) in [6.07, 6.45) is 7.55. The van der Waals surface area contributed by atoms with E-state index in [4.69, 9.17) is 9.97 Å². The van der Waals surface area contributed by atoms with Gasteiger partial charge in [-0.05, 0) is 75.2 Å². The van der Waals surface area contributed by atoms with Crippen LogP contribution in [0.5, 0.6) is 0 Å². The average molecular weight is 566 g/mol. The number of carbonyl (C=O) groups excluding carboxylic acids is 1. The molecule has 3 aliphatic heterocycles. The number of piperazine rings is 1. The van der Waals surface area contributed by atoms with E-state index in [2.05, 4.69) is 69.9 Å². The molecule has 1 aromatic heterocycles. The molecule has 220 valence electrons. The molecule has 2 aromatic carbocycles. The zero-order valence-electron chi connectivity index (χ0n) is 24.9. The van der Waals surface area contributed by atoms with Gasteiger partial charge in [-0.3, -0.25) is 4.79 Å². The maximum atomic E-state index is 12.2. The van der Waals surface area contributed by atoms with Crippen molar-refractivity contribution in [2.75, 3.05) is 74.0 Å². The Kier molecular flexibility index (Phi) is 7.26. The Morgan fingerprint density at radius 3 is 2.48 bits per heavy atom. The van der Waals surface area contributed by atoms with E-state index in [0.717, 1.165) is 56.6 Å². The van der Waals surface area contributed by atoms with Gasteiger partial charge in [-0.15, -0.1) is 0 Å². The summed E-state index contributed by atoms with van der Waals surface area (Å²) >= 11 is 0.